The van der Waals surface area contributed by atoms with Crippen molar-refractivity contribution in [3.63, 3.8) is 0 Å². The van der Waals surface area contributed by atoms with Crippen molar-refractivity contribution in [2.24, 2.45) is 5.92 Å². The summed E-state index contributed by atoms with van der Waals surface area (Å²) in [6, 6.07) is 0.282. The second kappa shape index (κ2) is 4.75. The monoisotopic (exact) mass is 221 g/mol. The van der Waals surface area contributed by atoms with Crippen LogP contribution in [0.2, 0.25) is 0 Å². The summed E-state index contributed by atoms with van der Waals surface area (Å²) in [5.74, 6) is 0.304. The lowest BCUT2D eigenvalue weighted by Crippen LogP contribution is -2.38. The van der Waals surface area contributed by atoms with E-state index in [4.69, 9.17) is 0 Å². The molecule has 0 fully saturated rings. The van der Waals surface area contributed by atoms with Gasteiger partial charge in [-0.1, -0.05) is 29.8 Å². The van der Waals surface area contributed by atoms with Crippen molar-refractivity contribution >= 4 is 21.8 Å². The second-order valence-corrected chi connectivity index (χ2v) is 3.75. The van der Waals surface area contributed by atoms with E-state index in [0.29, 0.717) is 0 Å². The highest BCUT2D eigenvalue weighted by Gasteiger charge is 2.16. The van der Waals surface area contributed by atoms with Crippen LogP contribution in [-0.4, -0.2) is 29.2 Å². The zero-order valence-corrected chi connectivity index (χ0v) is 9.18. The van der Waals surface area contributed by atoms with Crippen molar-refractivity contribution in [3.05, 3.63) is 0 Å². The topological polar surface area (TPSA) is 20.3 Å². The van der Waals surface area contributed by atoms with Crippen molar-refractivity contribution in [1.82, 2.24) is 4.90 Å². The van der Waals surface area contributed by atoms with E-state index in [1.54, 1.807) is 4.90 Å². The van der Waals surface area contributed by atoms with Gasteiger partial charge in [-0.2, -0.15) is 0 Å². The van der Waals surface area contributed by atoms with Gasteiger partial charge in [-0.05, 0) is 6.92 Å². The van der Waals surface area contributed by atoms with Crippen LogP contribution in [0.4, 0.5) is 0 Å². The van der Waals surface area contributed by atoms with Crippen LogP contribution in [0.15, 0.2) is 0 Å². The molecular formula is C8H16BrNO. The van der Waals surface area contributed by atoms with Gasteiger partial charge in [-0.3, -0.25) is 4.79 Å². The summed E-state index contributed by atoms with van der Waals surface area (Å²) in [6.45, 7) is 5.86. The Labute approximate surface area is 77.1 Å². The van der Waals surface area contributed by atoms with Crippen molar-refractivity contribution < 1.29 is 4.79 Å². The van der Waals surface area contributed by atoms with Gasteiger partial charge >= 0.3 is 0 Å². The Kier molecular flexibility index (Phi) is 4.73. The standard InChI is InChI=1S/C8H16BrNO/c1-6(2)8(11)10(4)7(3)5-9/h6-7H,5H2,1-4H3. The molecule has 0 saturated heterocycles. The summed E-state index contributed by atoms with van der Waals surface area (Å²) in [5, 5.41) is 0.835. The first-order chi connectivity index (χ1) is 5.00. The van der Waals surface area contributed by atoms with Crippen LogP contribution in [0.3, 0.4) is 0 Å². The van der Waals surface area contributed by atoms with Crippen molar-refractivity contribution in [2.75, 3.05) is 12.4 Å². The van der Waals surface area contributed by atoms with Gasteiger partial charge in [0.05, 0.1) is 0 Å². The number of hydrogen-bond acceptors (Lipinski definition) is 1. The van der Waals surface area contributed by atoms with E-state index in [9.17, 15) is 4.79 Å². The minimum atomic E-state index is 0.0986. The average Bonchev–Trinajstić information content (AvgIpc) is 2.00. The van der Waals surface area contributed by atoms with Crippen LogP contribution in [-0.2, 0) is 4.79 Å². The largest absolute Gasteiger partial charge is 0.342 e. The Hall–Kier alpha value is -0.0500. The minimum absolute atomic E-state index is 0.0986. The molecule has 0 radical (unpaired) electrons. The van der Waals surface area contributed by atoms with Crippen molar-refractivity contribution in [2.45, 2.75) is 26.8 Å². The summed E-state index contributed by atoms with van der Waals surface area (Å²) in [6.07, 6.45) is 0. The fraction of sp³-hybridized carbons (Fsp3) is 0.875. The predicted octanol–water partition coefficient (Wildman–Crippen LogP) is 1.88. The molecule has 1 amide bonds. The summed E-state index contributed by atoms with van der Waals surface area (Å²) in [4.78, 5) is 13.1. The number of amides is 1. The molecule has 0 aliphatic rings. The van der Waals surface area contributed by atoms with Gasteiger partial charge in [0.1, 0.15) is 0 Å². The van der Waals surface area contributed by atoms with Crippen molar-refractivity contribution in [3.8, 4) is 0 Å². The zero-order chi connectivity index (χ0) is 9.02. The lowest BCUT2D eigenvalue weighted by molar-refractivity contribution is -0.134. The van der Waals surface area contributed by atoms with Crippen LogP contribution >= 0.6 is 15.9 Å². The molecule has 0 bridgehead atoms. The predicted molar refractivity (Wildman–Crippen MR) is 50.9 cm³/mol. The first kappa shape index (κ1) is 11.0. The third-order valence-electron chi connectivity index (χ3n) is 1.73. The van der Waals surface area contributed by atoms with E-state index in [0.717, 1.165) is 5.33 Å². The number of hydrogen-bond donors (Lipinski definition) is 0. The van der Waals surface area contributed by atoms with Gasteiger partial charge in [-0.15, -0.1) is 0 Å². The molecule has 0 saturated carbocycles. The minimum Gasteiger partial charge on any atom is -0.342 e. The molecule has 1 atom stereocenters. The summed E-state index contributed by atoms with van der Waals surface area (Å²) >= 11 is 3.34. The number of carbonyl (C=O) groups is 1. The maximum absolute atomic E-state index is 11.3. The van der Waals surface area contributed by atoms with E-state index >= 15 is 0 Å². The van der Waals surface area contributed by atoms with Gasteiger partial charge in [-0.25, -0.2) is 0 Å². The Bertz CT molecular complexity index is 136. The van der Waals surface area contributed by atoms with E-state index < -0.39 is 0 Å². The van der Waals surface area contributed by atoms with Crippen LogP contribution < -0.4 is 0 Å². The van der Waals surface area contributed by atoms with E-state index in [2.05, 4.69) is 15.9 Å². The Morgan fingerprint density at radius 2 is 1.91 bits per heavy atom. The smallest absolute Gasteiger partial charge is 0.225 e. The van der Waals surface area contributed by atoms with Gasteiger partial charge in [0, 0.05) is 24.3 Å². The van der Waals surface area contributed by atoms with Gasteiger partial charge < -0.3 is 4.90 Å². The highest BCUT2D eigenvalue weighted by molar-refractivity contribution is 9.09. The van der Waals surface area contributed by atoms with Crippen LogP contribution in [0, 0.1) is 5.92 Å². The molecule has 66 valence electrons. The third kappa shape index (κ3) is 3.23. The number of alkyl halides is 1. The third-order valence-corrected chi connectivity index (χ3v) is 2.66. The summed E-state index contributed by atoms with van der Waals surface area (Å²) in [7, 11) is 1.84. The normalized spacial score (nSPS) is 13.3. The molecule has 0 N–H and O–H groups in total. The first-order valence-corrected chi connectivity index (χ1v) is 4.95. The maximum Gasteiger partial charge on any atom is 0.225 e. The quantitative estimate of drug-likeness (QED) is 0.667. The highest BCUT2D eigenvalue weighted by Crippen LogP contribution is 2.05. The number of halogens is 1. The maximum atomic E-state index is 11.3. The molecule has 0 aliphatic carbocycles. The Morgan fingerprint density at radius 1 is 1.45 bits per heavy atom. The van der Waals surface area contributed by atoms with Crippen LogP contribution in [0.25, 0.3) is 0 Å². The molecule has 0 aromatic carbocycles. The van der Waals surface area contributed by atoms with E-state index in [1.165, 1.54) is 0 Å². The molecule has 11 heavy (non-hydrogen) atoms. The molecule has 0 heterocycles. The molecule has 3 heteroatoms. The van der Waals surface area contributed by atoms with Gasteiger partial charge in [0.25, 0.3) is 0 Å². The molecule has 0 spiro atoms. The summed E-state index contributed by atoms with van der Waals surface area (Å²) < 4.78 is 0. The van der Waals surface area contributed by atoms with Crippen LogP contribution in [0.1, 0.15) is 20.8 Å². The van der Waals surface area contributed by atoms with E-state index in [-0.39, 0.29) is 17.9 Å². The fourth-order valence-corrected chi connectivity index (χ4v) is 1.16. The van der Waals surface area contributed by atoms with Gasteiger partial charge in [0.15, 0.2) is 0 Å². The molecule has 0 aromatic rings. The molecule has 2 nitrogen and oxygen atoms in total. The van der Waals surface area contributed by atoms with Crippen molar-refractivity contribution in [1.29, 1.82) is 0 Å². The van der Waals surface area contributed by atoms with Gasteiger partial charge in [0.2, 0.25) is 5.91 Å². The molecule has 0 rings (SSSR count). The average molecular weight is 222 g/mol. The number of nitrogens with zero attached hydrogens (tertiary/aromatic N) is 1. The number of carbonyl (C=O) groups excluding carboxylic acids is 1. The SMILES string of the molecule is CC(C)C(=O)N(C)C(C)CBr. The van der Waals surface area contributed by atoms with Crippen LogP contribution in [0.5, 0.6) is 0 Å². The lowest BCUT2D eigenvalue weighted by atomic mass is 10.2. The number of rotatable bonds is 3. The Morgan fingerprint density at radius 3 is 2.18 bits per heavy atom. The Balaban J connectivity index is 4.02. The molecule has 1 unspecified atom stereocenters. The molecular weight excluding hydrogens is 206 g/mol. The zero-order valence-electron chi connectivity index (χ0n) is 7.60. The van der Waals surface area contributed by atoms with E-state index in [1.807, 2.05) is 27.8 Å². The first-order valence-electron chi connectivity index (χ1n) is 3.83. The second-order valence-electron chi connectivity index (χ2n) is 3.11. The fourth-order valence-electron chi connectivity index (χ4n) is 0.728. The summed E-state index contributed by atoms with van der Waals surface area (Å²) in [5.41, 5.74) is 0. The lowest BCUT2D eigenvalue weighted by Gasteiger charge is -2.24. The molecule has 0 aromatic heterocycles. The molecule has 0 aliphatic heterocycles. The highest BCUT2D eigenvalue weighted by atomic mass is 79.9.